The van der Waals surface area contributed by atoms with Gasteiger partial charge in [0.25, 0.3) is 0 Å². The summed E-state index contributed by atoms with van der Waals surface area (Å²) in [7, 11) is 0. The monoisotopic (exact) mass is 874 g/mol. The van der Waals surface area contributed by atoms with Crippen LogP contribution in [0.25, 0.3) is 0 Å². The van der Waals surface area contributed by atoms with Crippen molar-refractivity contribution < 1.29 is 57.0 Å². The number of hydrogen-bond acceptors (Lipinski definition) is 14. The number of hydrogen-bond donors (Lipinski definition) is 0. The van der Waals surface area contributed by atoms with Crippen LogP contribution in [-0.2, 0) is 57.0 Å². The predicted molar refractivity (Wildman–Crippen MR) is 207 cm³/mol. The van der Waals surface area contributed by atoms with E-state index in [1.54, 1.807) is 0 Å². The topological polar surface area (TPSA) is 133 Å². The normalized spacial score (nSPS) is 18.7. The molecule has 0 aromatic carbocycles. The van der Waals surface area contributed by atoms with E-state index in [2.05, 4.69) is 44.3 Å². The van der Waals surface area contributed by atoms with E-state index in [-0.39, 0.29) is 25.2 Å². The first-order valence-electron chi connectivity index (χ1n) is 19.3. The third kappa shape index (κ3) is 35.3. The van der Waals surface area contributed by atoms with Gasteiger partial charge in [-0.25, -0.2) is 0 Å². The number of nitrogens with zero attached hydrogens (tertiary/aromatic N) is 2. The van der Waals surface area contributed by atoms with Gasteiger partial charge >= 0.3 is 240 Å². The molecule has 0 atom stereocenters. The zero-order valence-corrected chi connectivity index (χ0v) is 37.8. The van der Waals surface area contributed by atoms with Crippen molar-refractivity contribution in [3.63, 3.8) is 0 Å². The Morgan fingerprint density at radius 3 is 1.02 bits per heavy atom. The van der Waals surface area contributed by atoms with Crippen LogP contribution in [0.2, 0.25) is 45.0 Å². The third-order valence-corrected chi connectivity index (χ3v) is 15.3. The Balaban J connectivity index is 2.31. The number of rotatable bonds is 18. The molecule has 16 heteroatoms. The number of esters is 2. The molecule has 0 radical (unpaired) electrons. The van der Waals surface area contributed by atoms with Gasteiger partial charge in [0.15, 0.2) is 0 Å². The summed E-state index contributed by atoms with van der Waals surface area (Å²) in [6.45, 7) is 13.2. The van der Waals surface area contributed by atoms with E-state index in [4.69, 9.17) is 47.4 Å². The van der Waals surface area contributed by atoms with Crippen LogP contribution in [0.15, 0.2) is 0 Å². The fourth-order valence-corrected chi connectivity index (χ4v) is 8.65. The van der Waals surface area contributed by atoms with E-state index >= 15 is 0 Å². The third-order valence-electron chi connectivity index (χ3n) is 7.94. The Bertz CT molecular complexity index is 772. The minimum atomic E-state index is -1.73. The van der Waals surface area contributed by atoms with Gasteiger partial charge in [-0.05, 0) is 0 Å². The Morgan fingerprint density at radius 2 is 0.731 bits per heavy atom. The average molecular weight is 872 g/mol. The molecule has 1 aliphatic rings. The van der Waals surface area contributed by atoms with Gasteiger partial charge < -0.3 is 28.4 Å². The summed E-state index contributed by atoms with van der Waals surface area (Å²) in [5, 5.41) is 1.97. The molecule has 0 aliphatic carbocycles. The van der Waals surface area contributed by atoms with Crippen molar-refractivity contribution in [2.24, 2.45) is 0 Å². The van der Waals surface area contributed by atoms with Gasteiger partial charge in [0.2, 0.25) is 0 Å². The minimum absolute atomic E-state index is 0.131. The van der Waals surface area contributed by atoms with Crippen molar-refractivity contribution in [2.45, 2.75) is 57.9 Å². The molecule has 308 valence electrons. The Kier molecular flexibility index (Phi) is 31.3. The van der Waals surface area contributed by atoms with Crippen LogP contribution in [0.4, 0.5) is 0 Å². The molecule has 0 aromatic rings. The Hall–Kier alpha value is -0.374. The zero-order valence-electron chi connectivity index (χ0n) is 33.6. The van der Waals surface area contributed by atoms with E-state index in [0.717, 1.165) is 49.8 Å². The Labute approximate surface area is 320 Å². The van der Waals surface area contributed by atoms with Gasteiger partial charge in [-0.1, -0.05) is 0 Å². The molecule has 0 aromatic heterocycles. The van der Waals surface area contributed by atoms with E-state index in [1.165, 1.54) is 0 Å². The second-order valence-electron chi connectivity index (χ2n) is 15.1. The molecule has 0 spiro atoms. The first-order valence-corrected chi connectivity index (χ1v) is 34.9. The van der Waals surface area contributed by atoms with Crippen molar-refractivity contribution in [3.05, 3.63) is 0 Å². The van der Waals surface area contributed by atoms with E-state index in [0.29, 0.717) is 119 Å². The summed E-state index contributed by atoms with van der Waals surface area (Å²) in [6.07, 6.45) is 1.02. The molecule has 0 saturated carbocycles. The van der Waals surface area contributed by atoms with Crippen LogP contribution in [0.5, 0.6) is 0 Å². The van der Waals surface area contributed by atoms with Gasteiger partial charge in [-0.15, -0.1) is 0 Å². The summed E-state index contributed by atoms with van der Waals surface area (Å²) in [5.74, 6) is 13.5. The molecule has 1 heterocycles. The molecule has 0 amide bonds. The first kappa shape index (κ1) is 49.6. The Morgan fingerprint density at radius 1 is 0.442 bits per heavy atom. The fourth-order valence-electron chi connectivity index (χ4n) is 4.65. The van der Waals surface area contributed by atoms with Crippen LogP contribution >= 0.6 is 0 Å². The maximum absolute atomic E-state index is 11.9. The molecule has 1 aliphatic heterocycles. The summed E-state index contributed by atoms with van der Waals surface area (Å²) in [6, 6.07) is 0. The molecule has 14 nitrogen and oxygen atoms in total. The number of ether oxygens (including phenoxy) is 10. The van der Waals surface area contributed by atoms with Crippen molar-refractivity contribution in [3.8, 4) is 0 Å². The van der Waals surface area contributed by atoms with Crippen LogP contribution < -0.4 is 0 Å². The van der Waals surface area contributed by atoms with Crippen molar-refractivity contribution in [1.29, 1.82) is 0 Å². The number of carbonyl (C=O) groups excluding carboxylic acids is 2. The predicted octanol–water partition coefficient (Wildman–Crippen LogP) is 3.28. The van der Waals surface area contributed by atoms with Crippen molar-refractivity contribution in [2.75, 3.05) is 158 Å². The molecule has 0 bridgehead atoms. The quantitative estimate of drug-likeness (QED) is 0.113. The first-order chi connectivity index (χ1) is 24.9. The second-order valence-corrected chi connectivity index (χ2v) is 38.7. The number of carbonyl (C=O) groups is 2. The molecule has 0 unspecified atom stereocenters. The summed E-state index contributed by atoms with van der Waals surface area (Å²) in [4.78, 5) is 28.4. The molecule has 1 fully saturated rings. The van der Waals surface area contributed by atoms with Gasteiger partial charge in [0, 0.05) is 0 Å². The van der Waals surface area contributed by atoms with E-state index in [9.17, 15) is 9.59 Å². The van der Waals surface area contributed by atoms with Crippen molar-refractivity contribution >= 4 is 38.5 Å². The molecule has 1 saturated heterocycles. The molecule has 0 N–H and O–H groups in total. The second kappa shape index (κ2) is 32.8. The molecular formula is C36H74Ge2N2O12. The van der Waals surface area contributed by atoms with E-state index < -0.39 is 26.5 Å². The van der Waals surface area contributed by atoms with Crippen LogP contribution in [-0.4, -0.2) is 206 Å². The fraction of sp³-hybridized carbons (Fsp3) is 0.944. The van der Waals surface area contributed by atoms with Crippen LogP contribution in [0, 0.1) is 0 Å². The van der Waals surface area contributed by atoms with Gasteiger partial charge in [-0.3, -0.25) is 0 Å². The average Bonchev–Trinajstić information content (AvgIpc) is 3.08. The van der Waals surface area contributed by atoms with Gasteiger partial charge in [0.05, 0.1) is 52.9 Å². The summed E-state index contributed by atoms with van der Waals surface area (Å²) >= 11 is -3.46. The molecule has 1 rings (SSSR count). The summed E-state index contributed by atoms with van der Waals surface area (Å²) < 4.78 is 56.8. The van der Waals surface area contributed by atoms with Gasteiger partial charge in [0.1, 0.15) is 0 Å². The zero-order chi connectivity index (χ0) is 38.2. The van der Waals surface area contributed by atoms with E-state index in [1.807, 2.05) is 0 Å². The summed E-state index contributed by atoms with van der Waals surface area (Å²) in [5.41, 5.74) is 0. The SMILES string of the molecule is [CH3][Ge]([CH3])([CH3])[CH2]CC(=O)OCCOCCN1CCOCCOCCOCCN(CCOCCOC(=O)C[CH2][Ge]([CH3])([CH3])[CH3])CCOCCOCCOCC1. The molecule has 52 heavy (non-hydrogen) atoms. The maximum atomic E-state index is 11.9. The molecular weight excluding hydrogens is 798 g/mol. The van der Waals surface area contributed by atoms with Gasteiger partial charge in [-0.2, -0.15) is 0 Å². The van der Waals surface area contributed by atoms with Crippen LogP contribution in [0.3, 0.4) is 0 Å². The standard InChI is InChI=1S/C36H74Ge2N2O12/c1-37(2,3)9-7-35(41)51-33-31-47-21-15-39-11-17-43-23-27-49-29-25-45-19-13-40(14-20-46-26-30-50-28-24-44-18-12-39)16-22-48-32-34-52-36(42)8-10-38(4,5)6/h7-34H2,1-6H3. The van der Waals surface area contributed by atoms with Crippen molar-refractivity contribution in [1.82, 2.24) is 9.80 Å². The van der Waals surface area contributed by atoms with Crippen LogP contribution in [0.1, 0.15) is 12.8 Å².